The van der Waals surface area contributed by atoms with Crippen LogP contribution in [0, 0.1) is 17.2 Å². The lowest BCUT2D eigenvalue weighted by molar-refractivity contribution is -0.125. The third kappa shape index (κ3) is 5.05. The molecular weight excluding hydrogens is 442 g/mol. The van der Waals surface area contributed by atoms with E-state index in [1.807, 2.05) is 48.2 Å². The van der Waals surface area contributed by atoms with Crippen molar-refractivity contribution in [3.8, 4) is 17.7 Å². The van der Waals surface area contributed by atoms with Gasteiger partial charge in [0.2, 0.25) is 17.5 Å². The van der Waals surface area contributed by atoms with E-state index in [9.17, 15) is 10.1 Å². The fourth-order valence-electron chi connectivity index (χ4n) is 4.11. The van der Waals surface area contributed by atoms with Crippen LogP contribution in [-0.4, -0.2) is 49.5 Å². The Bertz CT molecular complexity index is 1130. The van der Waals surface area contributed by atoms with Gasteiger partial charge in [0.05, 0.1) is 12.3 Å². The number of furan rings is 1. The quantitative estimate of drug-likeness (QED) is 0.558. The van der Waals surface area contributed by atoms with Crippen molar-refractivity contribution < 1.29 is 13.6 Å². The number of rotatable bonds is 7. The minimum absolute atomic E-state index is 0.0184. The summed E-state index contributed by atoms with van der Waals surface area (Å²) in [6, 6.07) is 13.2. The summed E-state index contributed by atoms with van der Waals surface area (Å²) >= 11 is 6.37. The second-order valence-corrected chi connectivity index (χ2v) is 8.68. The molecule has 0 spiro atoms. The van der Waals surface area contributed by atoms with E-state index in [1.54, 1.807) is 12.1 Å². The minimum Gasteiger partial charge on any atom is -0.459 e. The number of amides is 1. The first-order valence-electron chi connectivity index (χ1n) is 10.9. The SMILES string of the molecule is CN(C)C(CNC(=O)C1CCN(c2oc(-c3ccco3)nc2C#N)CC1)c1ccccc1Cl. The molecule has 0 bridgehead atoms. The van der Waals surface area contributed by atoms with Crippen LogP contribution in [0.1, 0.15) is 30.1 Å². The number of carbonyl (C=O) groups excluding carboxylic acids is 1. The van der Waals surface area contributed by atoms with Gasteiger partial charge in [0.15, 0.2) is 5.76 Å². The molecule has 1 fully saturated rings. The van der Waals surface area contributed by atoms with Crippen LogP contribution >= 0.6 is 11.6 Å². The molecule has 1 saturated heterocycles. The van der Waals surface area contributed by atoms with Crippen molar-refractivity contribution in [1.82, 2.24) is 15.2 Å². The van der Waals surface area contributed by atoms with Crippen molar-refractivity contribution >= 4 is 23.4 Å². The van der Waals surface area contributed by atoms with E-state index in [1.165, 1.54) is 6.26 Å². The van der Waals surface area contributed by atoms with Crippen LogP contribution in [0.25, 0.3) is 11.7 Å². The van der Waals surface area contributed by atoms with Crippen LogP contribution in [0.5, 0.6) is 0 Å². The fourth-order valence-corrected chi connectivity index (χ4v) is 4.37. The zero-order chi connectivity index (χ0) is 23.4. The number of carbonyl (C=O) groups is 1. The van der Waals surface area contributed by atoms with Crippen molar-refractivity contribution in [2.45, 2.75) is 18.9 Å². The predicted octanol–water partition coefficient (Wildman–Crippen LogP) is 4.10. The summed E-state index contributed by atoms with van der Waals surface area (Å²) in [6.45, 7) is 1.67. The predicted molar refractivity (Wildman–Crippen MR) is 125 cm³/mol. The van der Waals surface area contributed by atoms with Crippen LogP contribution in [0.3, 0.4) is 0 Å². The molecule has 0 radical (unpaired) electrons. The largest absolute Gasteiger partial charge is 0.459 e. The van der Waals surface area contributed by atoms with Gasteiger partial charge in [0.1, 0.15) is 6.07 Å². The lowest BCUT2D eigenvalue weighted by atomic mass is 9.95. The monoisotopic (exact) mass is 467 g/mol. The molecule has 2 aromatic heterocycles. The van der Waals surface area contributed by atoms with Gasteiger partial charge >= 0.3 is 0 Å². The first-order valence-corrected chi connectivity index (χ1v) is 11.2. The maximum Gasteiger partial charge on any atom is 0.266 e. The molecule has 9 heteroatoms. The number of nitrogens with one attached hydrogen (secondary N) is 1. The first kappa shape index (κ1) is 22.9. The second kappa shape index (κ2) is 10.1. The van der Waals surface area contributed by atoms with Gasteiger partial charge in [0, 0.05) is 30.6 Å². The van der Waals surface area contributed by atoms with E-state index in [0.29, 0.717) is 49.1 Å². The minimum atomic E-state index is -0.103. The molecule has 4 rings (SSSR count). The summed E-state index contributed by atoms with van der Waals surface area (Å²) in [7, 11) is 3.94. The number of oxazole rings is 1. The van der Waals surface area contributed by atoms with Gasteiger partial charge in [-0.25, -0.2) is 0 Å². The molecule has 1 N–H and O–H groups in total. The standard InChI is InChI=1S/C24H26ClN5O3/c1-29(2)20(17-6-3-4-7-18(17)25)15-27-22(31)16-9-11-30(12-10-16)24-19(14-26)28-23(33-24)21-8-5-13-32-21/h3-8,13,16,20H,9-12,15H2,1-2H3,(H,27,31). The van der Waals surface area contributed by atoms with E-state index in [2.05, 4.69) is 16.4 Å². The van der Waals surface area contributed by atoms with Crippen molar-refractivity contribution in [2.75, 3.05) is 38.6 Å². The van der Waals surface area contributed by atoms with Crippen LogP contribution in [-0.2, 0) is 4.79 Å². The molecule has 3 aromatic rings. The van der Waals surface area contributed by atoms with Gasteiger partial charge in [-0.15, -0.1) is 0 Å². The summed E-state index contributed by atoms with van der Waals surface area (Å²) in [5.41, 5.74) is 1.21. The van der Waals surface area contributed by atoms with E-state index in [-0.39, 0.29) is 29.5 Å². The highest BCUT2D eigenvalue weighted by atomic mass is 35.5. The second-order valence-electron chi connectivity index (χ2n) is 8.27. The Hall–Kier alpha value is -3.28. The molecule has 33 heavy (non-hydrogen) atoms. The smallest absolute Gasteiger partial charge is 0.266 e. The number of anilines is 1. The summed E-state index contributed by atoms with van der Waals surface area (Å²) < 4.78 is 11.2. The van der Waals surface area contributed by atoms with Gasteiger partial charge in [-0.05, 0) is 50.7 Å². The van der Waals surface area contributed by atoms with Gasteiger partial charge < -0.3 is 24.0 Å². The molecule has 3 heterocycles. The van der Waals surface area contributed by atoms with E-state index in [4.69, 9.17) is 20.4 Å². The zero-order valence-electron chi connectivity index (χ0n) is 18.6. The lowest BCUT2D eigenvalue weighted by Gasteiger charge is -2.32. The Labute approximate surface area is 197 Å². The van der Waals surface area contributed by atoms with E-state index >= 15 is 0 Å². The topological polar surface area (TPSA) is 98.5 Å². The molecular formula is C24H26ClN5O3. The van der Waals surface area contributed by atoms with Gasteiger partial charge in [-0.1, -0.05) is 29.8 Å². The highest BCUT2D eigenvalue weighted by Crippen LogP contribution is 2.31. The van der Waals surface area contributed by atoms with Crippen LogP contribution < -0.4 is 10.2 Å². The molecule has 1 amide bonds. The van der Waals surface area contributed by atoms with Crippen molar-refractivity contribution in [3.63, 3.8) is 0 Å². The Balaban J connectivity index is 1.36. The van der Waals surface area contributed by atoms with Crippen molar-refractivity contribution in [3.05, 3.63) is 58.9 Å². The Morgan fingerprint density at radius 1 is 1.30 bits per heavy atom. The Morgan fingerprint density at radius 2 is 2.06 bits per heavy atom. The molecule has 0 saturated carbocycles. The molecule has 8 nitrogen and oxygen atoms in total. The number of halogens is 1. The van der Waals surface area contributed by atoms with E-state index in [0.717, 1.165) is 5.56 Å². The average Bonchev–Trinajstić information content (AvgIpc) is 3.50. The van der Waals surface area contributed by atoms with Crippen LogP contribution in [0.15, 0.2) is 51.5 Å². The van der Waals surface area contributed by atoms with Gasteiger partial charge in [-0.3, -0.25) is 4.79 Å². The highest BCUT2D eigenvalue weighted by molar-refractivity contribution is 6.31. The van der Waals surface area contributed by atoms with Crippen molar-refractivity contribution in [2.24, 2.45) is 5.92 Å². The number of piperidine rings is 1. The summed E-state index contributed by atoms with van der Waals surface area (Å²) in [6.07, 6.45) is 2.85. The molecule has 1 aliphatic heterocycles. The number of hydrogen-bond acceptors (Lipinski definition) is 7. The van der Waals surface area contributed by atoms with E-state index < -0.39 is 0 Å². The molecule has 1 aliphatic rings. The molecule has 1 unspecified atom stereocenters. The summed E-state index contributed by atoms with van der Waals surface area (Å²) in [4.78, 5) is 21.1. The number of benzene rings is 1. The number of nitrogens with zero attached hydrogens (tertiary/aromatic N) is 4. The summed E-state index contributed by atoms with van der Waals surface area (Å²) in [5.74, 6) is 1.10. The molecule has 1 aromatic carbocycles. The lowest BCUT2D eigenvalue weighted by Crippen LogP contribution is -2.43. The Kier molecular flexibility index (Phi) is 7.02. The zero-order valence-corrected chi connectivity index (χ0v) is 19.4. The first-order chi connectivity index (χ1) is 16.0. The van der Waals surface area contributed by atoms with Crippen molar-refractivity contribution in [1.29, 1.82) is 5.26 Å². The maximum atomic E-state index is 12.9. The molecule has 0 aliphatic carbocycles. The number of hydrogen-bond donors (Lipinski definition) is 1. The average molecular weight is 468 g/mol. The normalized spacial score (nSPS) is 15.4. The number of aromatic nitrogens is 1. The number of nitriles is 1. The highest BCUT2D eigenvalue weighted by Gasteiger charge is 2.30. The van der Waals surface area contributed by atoms with Crippen LogP contribution in [0.2, 0.25) is 5.02 Å². The van der Waals surface area contributed by atoms with Crippen LogP contribution in [0.4, 0.5) is 5.88 Å². The third-order valence-corrected chi connectivity index (χ3v) is 6.30. The molecule has 1 atom stereocenters. The fraction of sp³-hybridized carbons (Fsp3) is 0.375. The van der Waals surface area contributed by atoms with Gasteiger partial charge in [0.25, 0.3) is 5.89 Å². The molecule has 172 valence electrons. The summed E-state index contributed by atoms with van der Waals surface area (Å²) in [5, 5.41) is 13.3. The van der Waals surface area contributed by atoms with Gasteiger partial charge in [-0.2, -0.15) is 10.2 Å². The number of likely N-dealkylation sites (N-methyl/N-ethyl adjacent to an activating group) is 1. The third-order valence-electron chi connectivity index (χ3n) is 5.96. The Morgan fingerprint density at radius 3 is 2.70 bits per heavy atom. The maximum absolute atomic E-state index is 12.9.